The van der Waals surface area contributed by atoms with Crippen LogP contribution in [0.4, 0.5) is 0 Å². The van der Waals surface area contributed by atoms with Gasteiger partial charge >= 0.3 is 0 Å². The van der Waals surface area contributed by atoms with E-state index in [1.165, 1.54) is 4.31 Å². The Bertz CT molecular complexity index is 370. The molecule has 0 bridgehead atoms. The first-order valence-corrected chi connectivity index (χ1v) is 8.30. The fourth-order valence-electron chi connectivity index (χ4n) is 2.17. The molecule has 1 saturated heterocycles. The van der Waals surface area contributed by atoms with E-state index in [1.807, 2.05) is 13.8 Å². The Hall–Kier alpha value is -0.210. The highest BCUT2D eigenvalue weighted by Crippen LogP contribution is 2.19. The van der Waals surface area contributed by atoms with Crippen molar-refractivity contribution in [1.29, 1.82) is 0 Å². The Labute approximate surface area is 115 Å². The summed E-state index contributed by atoms with van der Waals surface area (Å²) in [6.45, 7) is 6.46. The largest absolute Gasteiger partial charge is 0.390 e. The summed E-state index contributed by atoms with van der Waals surface area (Å²) in [4.78, 5) is 0. The van der Waals surface area contributed by atoms with Crippen molar-refractivity contribution in [2.45, 2.75) is 33.0 Å². The lowest BCUT2D eigenvalue weighted by Crippen LogP contribution is -2.50. The molecule has 1 fully saturated rings. The zero-order valence-electron chi connectivity index (χ0n) is 11.8. The van der Waals surface area contributed by atoms with Crippen LogP contribution in [0, 0.1) is 11.8 Å². The van der Waals surface area contributed by atoms with Crippen LogP contribution in [0.1, 0.15) is 20.8 Å². The second-order valence-electron chi connectivity index (χ2n) is 5.47. The van der Waals surface area contributed by atoms with Gasteiger partial charge in [-0.2, -0.15) is 0 Å². The number of hydrogen-bond acceptors (Lipinski definition) is 5. The number of ether oxygens (including phenoxy) is 1. The molecule has 3 atom stereocenters. The first-order chi connectivity index (χ1) is 8.77. The van der Waals surface area contributed by atoms with E-state index in [0.29, 0.717) is 6.54 Å². The van der Waals surface area contributed by atoms with E-state index in [2.05, 4.69) is 0 Å². The predicted octanol–water partition coefficient (Wildman–Crippen LogP) is -0.338. The average molecular weight is 295 g/mol. The van der Waals surface area contributed by atoms with Crippen LogP contribution in [0.15, 0.2) is 0 Å². The van der Waals surface area contributed by atoms with Crippen LogP contribution in [0.2, 0.25) is 0 Å². The first kappa shape index (κ1) is 16.8. The van der Waals surface area contributed by atoms with Crippen LogP contribution < -0.4 is 0 Å². The molecule has 1 heterocycles. The molecule has 0 radical (unpaired) electrons. The third-order valence-electron chi connectivity index (χ3n) is 3.26. The second kappa shape index (κ2) is 6.99. The number of hydrogen-bond donors (Lipinski definition) is 2. The summed E-state index contributed by atoms with van der Waals surface area (Å²) >= 11 is 0. The molecule has 1 aliphatic heterocycles. The van der Waals surface area contributed by atoms with Gasteiger partial charge in [0.2, 0.25) is 10.0 Å². The molecule has 114 valence electrons. The van der Waals surface area contributed by atoms with Crippen molar-refractivity contribution in [1.82, 2.24) is 4.31 Å². The Morgan fingerprint density at radius 1 is 1.32 bits per heavy atom. The first-order valence-electron chi connectivity index (χ1n) is 6.69. The third kappa shape index (κ3) is 4.68. The Morgan fingerprint density at radius 3 is 2.47 bits per heavy atom. The van der Waals surface area contributed by atoms with Crippen molar-refractivity contribution < 1.29 is 23.4 Å². The van der Waals surface area contributed by atoms with Gasteiger partial charge in [-0.05, 0) is 12.8 Å². The fraction of sp³-hybridized carbons (Fsp3) is 1.00. The maximum atomic E-state index is 12.0. The van der Waals surface area contributed by atoms with Gasteiger partial charge in [0, 0.05) is 19.0 Å². The monoisotopic (exact) mass is 295 g/mol. The highest BCUT2D eigenvalue weighted by Gasteiger charge is 2.35. The van der Waals surface area contributed by atoms with E-state index in [9.17, 15) is 18.6 Å². The number of sulfonamides is 1. The lowest BCUT2D eigenvalue weighted by molar-refractivity contribution is -0.122. The molecule has 0 unspecified atom stereocenters. The van der Waals surface area contributed by atoms with Gasteiger partial charge in [-0.1, -0.05) is 13.8 Å². The molecule has 0 spiro atoms. The minimum Gasteiger partial charge on any atom is -0.390 e. The van der Waals surface area contributed by atoms with E-state index in [-0.39, 0.29) is 37.3 Å². The summed E-state index contributed by atoms with van der Waals surface area (Å²) in [7, 11) is -3.31. The van der Waals surface area contributed by atoms with E-state index >= 15 is 0 Å². The summed E-state index contributed by atoms with van der Waals surface area (Å²) in [6.07, 6.45) is -1.88. The summed E-state index contributed by atoms with van der Waals surface area (Å²) in [5, 5.41) is 19.5. The fourth-order valence-corrected chi connectivity index (χ4v) is 3.47. The van der Waals surface area contributed by atoms with Gasteiger partial charge < -0.3 is 14.9 Å². The molecule has 1 rings (SSSR count). The number of aliphatic hydroxyl groups excluding tert-OH is 2. The SMILES string of the molecule is CCS(=O)(=O)N(CC(C)C)C[C@@H]1COC[C@@H](O)[C@H]1O. The maximum absolute atomic E-state index is 12.0. The van der Waals surface area contributed by atoms with Gasteiger partial charge in [-0.3, -0.25) is 0 Å². The smallest absolute Gasteiger partial charge is 0.213 e. The molecule has 7 heteroatoms. The van der Waals surface area contributed by atoms with E-state index in [0.717, 1.165) is 0 Å². The summed E-state index contributed by atoms with van der Waals surface area (Å²) in [5.41, 5.74) is 0. The molecule has 0 aliphatic carbocycles. The quantitative estimate of drug-likeness (QED) is 0.700. The maximum Gasteiger partial charge on any atom is 0.213 e. The van der Waals surface area contributed by atoms with Crippen molar-refractivity contribution >= 4 is 10.0 Å². The van der Waals surface area contributed by atoms with Gasteiger partial charge in [0.1, 0.15) is 6.10 Å². The molecule has 2 N–H and O–H groups in total. The van der Waals surface area contributed by atoms with Crippen LogP contribution in [0.3, 0.4) is 0 Å². The van der Waals surface area contributed by atoms with Crippen molar-refractivity contribution in [3.8, 4) is 0 Å². The van der Waals surface area contributed by atoms with E-state index in [4.69, 9.17) is 4.74 Å². The Balaban J connectivity index is 2.77. The van der Waals surface area contributed by atoms with Gasteiger partial charge in [0.05, 0.1) is 25.1 Å². The zero-order valence-corrected chi connectivity index (χ0v) is 12.6. The molecule has 0 amide bonds. The third-order valence-corrected chi connectivity index (χ3v) is 5.08. The van der Waals surface area contributed by atoms with Crippen LogP contribution in [0.5, 0.6) is 0 Å². The van der Waals surface area contributed by atoms with E-state index < -0.39 is 22.2 Å². The number of aliphatic hydroxyl groups is 2. The average Bonchev–Trinajstić information content (AvgIpc) is 2.33. The number of rotatable bonds is 6. The molecule has 0 aromatic carbocycles. The second-order valence-corrected chi connectivity index (χ2v) is 7.72. The minimum atomic E-state index is -3.31. The van der Waals surface area contributed by atoms with Crippen molar-refractivity contribution in [2.24, 2.45) is 11.8 Å². The van der Waals surface area contributed by atoms with Crippen molar-refractivity contribution in [2.75, 3.05) is 32.1 Å². The van der Waals surface area contributed by atoms with E-state index in [1.54, 1.807) is 6.92 Å². The van der Waals surface area contributed by atoms with Crippen LogP contribution in [-0.2, 0) is 14.8 Å². The van der Waals surface area contributed by atoms with Crippen molar-refractivity contribution in [3.63, 3.8) is 0 Å². The van der Waals surface area contributed by atoms with Crippen LogP contribution in [-0.4, -0.2) is 67.2 Å². The summed E-state index contributed by atoms with van der Waals surface area (Å²) in [5.74, 6) is -0.150. The topological polar surface area (TPSA) is 87.1 Å². The Morgan fingerprint density at radius 2 is 1.95 bits per heavy atom. The molecule has 19 heavy (non-hydrogen) atoms. The lowest BCUT2D eigenvalue weighted by atomic mass is 9.96. The molecule has 6 nitrogen and oxygen atoms in total. The van der Waals surface area contributed by atoms with Gasteiger partial charge in [0.15, 0.2) is 0 Å². The summed E-state index contributed by atoms with van der Waals surface area (Å²) < 4.78 is 30.7. The zero-order chi connectivity index (χ0) is 14.6. The van der Waals surface area contributed by atoms with Crippen molar-refractivity contribution in [3.05, 3.63) is 0 Å². The normalized spacial score (nSPS) is 29.1. The molecular weight excluding hydrogens is 270 g/mol. The highest BCUT2D eigenvalue weighted by atomic mass is 32.2. The molecule has 0 aromatic rings. The molecule has 0 saturated carbocycles. The predicted molar refractivity (Wildman–Crippen MR) is 72.2 cm³/mol. The molecular formula is C12H25NO5S. The Kier molecular flexibility index (Phi) is 6.19. The van der Waals surface area contributed by atoms with Crippen LogP contribution >= 0.6 is 0 Å². The molecule has 0 aromatic heterocycles. The van der Waals surface area contributed by atoms with Gasteiger partial charge in [0.25, 0.3) is 0 Å². The van der Waals surface area contributed by atoms with Gasteiger partial charge in [-0.15, -0.1) is 0 Å². The van der Waals surface area contributed by atoms with Gasteiger partial charge in [-0.25, -0.2) is 12.7 Å². The lowest BCUT2D eigenvalue weighted by Gasteiger charge is -2.35. The highest BCUT2D eigenvalue weighted by molar-refractivity contribution is 7.89. The summed E-state index contributed by atoms with van der Waals surface area (Å²) in [6, 6.07) is 0. The minimum absolute atomic E-state index is 0.0337. The molecule has 1 aliphatic rings. The standard InChI is InChI=1S/C12H25NO5S/c1-4-19(16,17)13(5-9(2)3)6-10-7-18-8-11(14)12(10)15/h9-12,14-15H,4-8H2,1-3H3/t10-,11-,12+/m1/s1. The van der Waals surface area contributed by atoms with Crippen LogP contribution in [0.25, 0.3) is 0 Å². The number of nitrogens with zero attached hydrogens (tertiary/aromatic N) is 1.